The van der Waals surface area contributed by atoms with Gasteiger partial charge in [0.05, 0.1) is 6.21 Å². The molecule has 0 bridgehead atoms. The largest absolute Gasteiger partial charge is 0.484 e. The zero-order chi connectivity index (χ0) is 24.5. The average molecular weight is 462 g/mol. The molecule has 3 aromatic carbocycles. The fourth-order valence-electron chi connectivity index (χ4n) is 2.96. The summed E-state index contributed by atoms with van der Waals surface area (Å²) in [6.45, 7) is 3.64. The molecule has 3 aromatic rings. The summed E-state index contributed by atoms with van der Waals surface area (Å²) in [4.78, 5) is 36.0. The molecule has 3 N–H and O–H groups in total. The van der Waals surface area contributed by atoms with Gasteiger partial charge in [-0.25, -0.2) is 9.82 Å². The summed E-state index contributed by atoms with van der Waals surface area (Å²) in [5, 5.41) is 8.93. The van der Waals surface area contributed by atoms with Gasteiger partial charge in [0.2, 0.25) is 0 Å². The Balaban J connectivity index is 1.49. The Morgan fingerprint density at radius 1 is 0.912 bits per heavy atom. The van der Waals surface area contributed by atoms with Gasteiger partial charge >= 0.3 is 11.8 Å². The lowest BCUT2D eigenvalue weighted by molar-refractivity contribution is -0.136. The number of hydrazone groups is 1. The first-order chi connectivity index (χ1) is 16.3. The molecular weight excluding hydrogens is 439 g/mol. The Hall–Kier alpha value is -4.53. The van der Waals surface area contributed by atoms with Crippen LogP contribution in [0.4, 0.5) is 15.8 Å². The van der Waals surface area contributed by atoms with Crippen molar-refractivity contribution in [2.45, 2.75) is 13.8 Å². The van der Waals surface area contributed by atoms with Crippen molar-refractivity contribution in [1.82, 2.24) is 5.43 Å². The second-order valence-electron chi connectivity index (χ2n) is 7.34. The van der Waals surface area contributed by atoms with Crippen molar-refractivity contribution in [2.24, 2.45) is 5.10 Å². The second kappa shape index (κ2) is 11.4. The predicted molar refractivity (Wildman–Crippen MR) is 127 cm³/mol. The fraction of sp³-hybridized carbons (Fsp3) is 0.120. The molecule has 0 fully saturated rings. The highest BCUT2D eigenvalue weighted by Gasteiger charge is 2.13. The molecule has 0 aliphatic carbocycles. The van der Waals surface area contributed by atoms with Crippen molar-refractivity contribution in [3.8, 4) is 5.75 Å². The summed E-state index contributed by atoms with van der Waals surface area (Å²) >= 11 is 0. The highest BCUT2D eigenvalue weighted by molar-refractivity contribution is 6.39. The number of carbonyl (C=O) groups excluding carboxylic acids is 3. The summed E-state index contributed by atoms with van der Waals surface area (Å²) in [7, 11) is 0. The SMILES string of the molecule is Cc1cccc(C)c1NC(=O)COc1cccc(/C=N\NC(=O)C(=O)Nc2ccc(F)cc2)c1. The molecule has 0 aromatic heterocycles. The van der Waals surface area contributed by atoms with Gasteiger partial charge in [0.25, 0.3) is 5.91 Å². The quantitative estimate of drug-likeness (QED) is 0.283. The Bertz CT molecular complexity index is 1210. The molecule has 0 unspecified atom stereocenters. The number of ether oxygens (including phenoxy) is 1. The van der Waals surface area contributed by atoms with E-state index in [9.17, 15) is 18.8 Å². The molecule has 0 atom stereocenters. The first-order valence-electron chi connectivity index (χ1n) is 10.3. The number of amides is 3. The molecule has 3 amide bonds. The van der Waals surface area contributed by atoms with Gasteiger partial charge in [-0.2, -0.15) is 5.10 Å². The summed E-state index contributed by atoms with van der Waals surface area (Å²) < 4.78 is 18.5. The van der Waals surface area contributed by atoms with Crippen molar-refractivity contribution < 1.29 is 23.5 Å². The van der Waals surface area contributed by atoms with Crippen LogP contribution in [0, 0.1) is 19.7 Å². The van der Waals surface area contributed by atoms with E-state index in [1.165, 1.54) is 18.3 Å². The normalized spacial score (nSPS) is 10.6. The highest BCUT2D eigenvalue weighted by atomic mass is 19.1. The lowest BCUT2D eigenvalue weighted by Gasteiger charge is -2.12. The number of nitrogens with zero attached hydrogens (tertiary/aromatic N) is 1. The molecule has 0 saturated heterocycles. The third-order valence-electron chi connectivity index (χ3n) is 4.66. The minimum absolute atomic E-state index is 0.186. The van der Waals surface area contributed by atoms with Crippen LogP contribution in [0.5, 0.6) is 5.75 Å². The van der Waals surface area contributed by atoms with Gasteiger partial charge in [-0.15, -0.1) is 0 Å². The van der Waals surface area contributed by atoms with Crippen molar-refractivity contribution >= 4 is 35.3 Å². The molecule has 174 valence electrons. The summed E-state index contributed by atoms with van der Waals surface area (Å²) in [6.07, 6.45) is 1.33. The molecule has 3 rings (SSSR count). The van der Waals surface area contributed by atoms with Crippen LogP contribution in [0.25, 0.3) is 0 Å². The maximum absolute atomic E-state index is 12.9. The molecule has 9 heteroatoms. The smallest absolute Gasteiger partial charge is 0.329 e. The summed E-state index contributed by atoms with van der Waals surface area (Å²) in [5.41, 5.74) is 5.64. The average Bonchev–Trinajstić information content (AvgIpc) is 2.82. The molecule has 0 heterocycles. The molecule has 8 nitrogen and oxygen atoms in total. The molecule has 0 radical (unpaired) electrons. The number of benzene rings is 3. The molecule has 0 aliphatic rings. The van der Waals surface area contributed by atoms with Crippen molar-refractivity contribution in [3.63, 3.8) is 0 Å². The molecular formula is C25H23FN4O4. The zero-order valence-electron chi connectivity index (χ0n) is 18.6. The van der Waals surface area contributed by atoms with Gasteiger partial charge in [-0.3, -0.25) is 14.4 Å². The number of carbonyl (C=O) groups is 3. The van der Waals surface area contributed by atoms with Gasteiger partial charge in [-0.05, 0) is 66.9 Å². The molecule has 0 saturated carbocycles. The molecule has 0 aliphatic heterocycles. The van der Waals surface area contributed by atoms with Crippen LogP contribution in [0.1, 0.15) is 16.7 Å². The monoisotopic (exact) mass is 462 g/mol. The lowest BCUT2D eigenvalue weighted by atomic mass is 10.1. The van der Waals surface area contributed by atoms with Crippen LogP contribution < -0.4 is 20.8 Å². The van der Waals surface area contributed by atoms with Crippen LogP contribution >= 0.6 is 0 Å². The highest BCUT2D eigenvalue weighted by Crippen LogP contribution is 2.19. The number of anilines is 2. The number of hydrogen-bond acceptors (Lipinski definition) is 5. The number of nitrogens with one attached hydrogen (secondary N) is 3. The van der Waals surface area contributed by atoms with Crippen LogP contribution in [-0.2, 0) is 14.4 Å². The van der Waals surface area contributed by atoms with Gasteiger partial charge in [0.15, 0.2) is 6.61 Å². The second-order valence-corrected chi connectivity index (χ2v) is 7.34. The Morgan fingerprint density at radius 2 is 1.59 bits per heavy atom. The molecule has 34 heavy (non-hydrogen) atoms. The third-order valence-corrected chi connectivity index (χ3v) is 4.66. The van der Waals surface area contributed by atoms with E-state index in [1.807, 2.05) is 32.0 Å². The van der Waals surface area contributed by atoms with E-state index in [4.69, 9.17) is 4.74 Å². The van der Waals surface area contributed by atoms with E-state index in [1.54, 1.807) is 24.3 Å². The van der Waals surface area contributed by atoms with E-state index in [-0.39, 0.29) is 18.2 Å². The maximum Gasteiger partial charge on any atom is 0.329 e. The van der Waals surface area contributed by atoms with Gasteiger partial charge in [0.1, 0.15) is 11.6 Å². The zero-order valence-corrected chi connectivity index (χ0v) is 18.6. The standard InChI is InChI=1S/C25H23FN4O4/c1-16-5-3-6-17(2)23(16)29-22(31)15-34-21-8-4-7-18(13-21)14-27-30-25(33)24(32)28-20-11-9-19(26)10-12-20/h3-14H,15H2,1-2H3,(H,28,32)(H,29,31)(H,30,33)/b27-14-. The van der Waals surface area contributed by atoms with E-state index in [2.05, 4.69) is 21.2 Å². The van der Waals surface area contributed by atoms with Crippen LogP contribution in [0.15, 0.2) is 71.8 Å². The topological polar surface area (TPSA) is 109 Å². The number of halogens is 1. The van der Waals surface area contributed by atoms with Crippen LogP contribution in [-0.4, -0.2) is 30.5 Å². The van der Waals surface area contributed by atoms with Crippen molar-refractivity contribution in [1.29, 1.82) is 0 Å². The Morgan fingerprint density at radius 3 is 2.29 bits per heavy atom. The molecule has 0 spiro atoms. The van der Waals surface area contributed by atoms with Gasteiger partial charge < -0.3 is 15.4 Å². The number of para-hydroxylation sites is 1. The third kappa shape index (κ3) is 6.99. The van der Waals surface area contributed by atoms with Crippen LogP contribution in [0.3, 0.4) is 0 Å². The van der Waals surface area contributed by atoms with Gasteiger partial charge in [0, 0.05) is 11.4 Å². The maximum atomic E-state index is 12.9. The van der Waals surface area contributed by atoms with E-state index < -0.39 is 17.6 Å². The first kappa shape index (κ1) is 24.1. The summed E-state index contributed by atoms with van der Waals surface area (Å²) in [5.74, 6) is -2.26. The predicted octanol–water partition coefficient (Wildman–Crippen LogP) is 3.55. The lowest BCUT2D eigenvalue weighted by Crippen LogP contribution is -2.32. The Kier molecular flexibility index (Phi) is 8.07. The van der Waals surface area contributed by atoms with Crippen LogP contribution in [0.2, 0.25) is 0 Å². The minimum atomic E-state index is -0.990. The van der Waals surface area contributed by atoms with Gasteiger partial charge in [-0.1, -0.05) is 30.3 Å². The first-order valence-corrected chi connectivity index (χ1v) is 10.3. The number of aryl methyl sites for hydroxylation is 2. The van der Waals surface area contributed by atoms with E-state index in [0.717, 1.165) is 28.9 Å². The van der Waals surface area contributed by atoms with E-state index in [0.29, 0.717) is 11.3 Å². The Labute approximate surface area is 195 Å². The fourth-order valence-corrected chi connectivity index (χ4v) is 2.96. The summed E-state index contributed by atoms with van der Waals surface area (Å²) in [6, 6.07) is 17.4. The van der Waals surface area contributed by atoms with E-state index >= 15 is 0 Å². The number of rotatable bonds is 7. The van der Waals surface area contributed by atoms with Crippen molar-refractivity contribution in [3.05, 3.63) is 89.2 Å². The number of hydrogen-bond donors (Lipinski definition) is 3. The van der Waals surface area contributed by atoms with Crippen molar-refractivity contribution in [2.75, 3.05) is 17.2 Å². The minimum Gasteiger partial charge on any atom is -0.484 e.